The van der Waals surface area contributed by atoms with E-state index in [9.17, 15) is 14.0 Å². The number of hydrogen-bond acceptors (Lipinski definition) is 4. The van der Waals surface area contributed by atoms with Gasteiger partial charge in [-0.15, -0.1) is 11.8 Å². The topological polar surface area (TPSA) is 75.6 Å². The summed E-state index contributed by atoms with van der Waals surface area (Å²) in [4.78, 5) is 23.6. The lowest BCUT2D eigenvalue weighted by molar-refractivity contribution is -0.138. The first-order valence-electron chi connectivity index (χ1n) is 7.70. The highest BCUT2D eigenvalue weighted by Gasteiger charge is 2.34. The fourth-order valence-corrected chi connectivity index (χ4v) is 4.41. The fraction of sp³-hybridized carbons (Fsp3) is 0.222. The van der Waals surface area contributed by atoms with E-state index >= 15 is 0 Å². The highest BCUT2D eigenvalue weighted by Crippen LogP contribution is 2.47. The summed E-state index contributed by atoms with van der Waals surface area (Å²) in [5, 5.41) is 10.8. The molecule has 0 spiro atoms. The Kier molecular flexibility index (Phi) is 5.38. The SMILES string of the molecule is COc1cccc(C2SC(CC(=O)O)C(=O)Nc3ccc(Cl)cc32)c1F. The summed E-state index contributed by atoms with van der Waals surface area (Å²) >= 11 is 7.18. The molecule has 1 aliphatic rings. The molecule has 5 nitrogen and oxygen atoms in total. The van der Waals surface area contributed by atoms with Gasteiger partial charge in [-0.2, -0.15) is 0 Å². The number of carboxylic acids is 1. The minimum atomic E-state index is -1.11. The predicted molar refractivity (Wildman–Crippen MR) is 98.5 cm³/mol. The number of halogens is 2. The van der Waals surface area contributed by atoms with Crippen molar-refractivity contribution in [1.82, 2.24) is 0 Å². The average Bonchev–Trinajstić information content (AvgIpc) is 2.72. The van der Waals surface area contributed by atoms with E-state index in [0.717, 1.165) is 11.8 Å². The van der Waals surface area contributed by atoms with Crippen LogP contribution in [-0.2, 0) is 9.59 Å². The van der Waals surface area contributed by atoms with Crippen molar-refractivity contribution in [3.8, 4) is 5.75 Å². The third-order valence-corrected chi connectivity index (χ3v) is 5.73. The summed E-state index contributed by atoms with van der Waals surface area (Å²) in [7, 11) is 1.37. The lowest BCUT2D eigenvalue weighted by Crippen LogP contribution is -2.26. The van der Waals surface area contributed by atoms with Crippen molar-refractivity contribution in [3.63, 3.8) is 0 Å². The molecule has 2 atom stereocenters. The van der Waals surface area contributed by atoms with Crippen molar-refractivity contribution in [2.75, 3.05) is 12.4 Å². The van der Waals surface area contributed by atoms with Crippen LogP contribution in [0.1, 0.15) is 22.8 Å². The highest BCUT2D eigenvalue weighted by molar-refractivity contribution is 8.01. The van der Waals surface area contributed by atoms with Crippen LogP contribution in [0.4, 0.5) is 10.1 Å². The number of carbonyl (C=O) groups excluding carboxylic acids is 1. The molecule has 26 heavy (non-hydrogen) atoms. The monoisotopic (exact) mass is 395 g/mol. The Hall–Kier alpha value is -2.25. The van der Waals surface area contributed by atoms with Crippen LogP contribution < -0.4 is 10.1 Å². The Morgan fingerprint density at radius 1 is 1.35 bits per heavy atom. The molecule has 2 unspecified atom stereocenters. The van der Waals surface area contributed by atoms with Gasteiger partial charge in [0.2, 0.25) is 5.91 Å². The molecule has 136 valence electrons. The Bertz CT molecular complexity index is 876. The van der Waals surface area contributed by atoms with E-state index in [0.29, 0.717) is 21.8 Å². The van der Waals surface area contributed by atoms with Crippen LogP contribution in [0, 0.1) is 5.82 Å². The lowest BCUT2D eigenvalue weighted by Gasteiger charge is -2.21. The molecular formula is C18H15ClFNO4S. The first kappa shape index (κ1) is 18.5. The maximum absolute atomic E-state index is 14.9. The van der Waals surface area contributed by atoms with Crippen LogP contribution in [0.2, 0.25) is 5.02 Å². The molecule has 2 N–H and O–H groups in total. The highest BCUT2D eigenvalue weighted by atomic mass is 35.5. The number of carbonyl (C=O) groups is 2. The zero-order chi connectivity index (χ0) is 18.8. The number of fused-ring (bicyclic) bond motifs is 1. The van der Waals surface area contributed by atoms with Crippen molar-refractivity contribution in [2.24, 2.45) is 0 Å². The van der Waals surface area contributed by atoms with Gasteiger partial charge in [-0.1, -0.05) is 23.7 Å². The molecule has 0 fully saturated rings. The number of thioether (sulfide) groups is 1. The number of methoxy groups -OCH3 is 1. The summed E-state index contributed by atoms with van der Waals surface area (Å²) in [6.07, 6.45) is -0.375. The maximum atomic E-state index is 14.9. The van der Waals surface area contributed by atoms with Gasteiger partial charge in [-0.05, 0) is 29.8 Å². The standard InChI is InChI=1S/C18H15ClFNO4S/c1-25-13-4-2-3-10(16(13)20)17-11-7-9(19)5-6-12(11)21-18(24)14(26-17)8-15(22)23/h2-7,14,17H,8H2,1H3,(H,21,24)(H,22,23). The van der Waals surface area contributed by atoms with Gasteiger partial charge in [0.05, 0.1) is 24.0 Å². The second-order valence-corrected chi connectivity index (χ2v) is 7.44. The molecule has 3 rings (SSSR count). The van der Waals surface area contributed by atoms with Gasteiger partial charge in [-0.25, -0.2) is 4.39 Å². The summed E-state index contributed by atoms with van der Waals surface area (Å²) in [6, 6.07) is 9.63. The number of amides is 1. The number of benzene rings is 2. The van der Waals surface area contributed by atoms with Crippen molar-refractivity contribution < 1.29 is 23.8 Å². The number of anilines is 1. The summed E-state index contributed by atoms with van der Waals surface area (Å²) in [5.74, 6) is -2.02. The molecule has 0 aliphatic carbocycles. The van der Waals surface area contributed by atoms with Crippen LogP contribution in [0.3, 0.4) is 0 Å². The number of ether oxygens (including phenoxy) is 1. The van der Waals surface area contributed by atoms with E-state index in [1.54, 1.807) is 30.3 Å². The van der Waals surface area contributed by atoms with Crippen molar-refractivity contribution in [1.29, 1.82) is 0 Å². The lowest BCUT2D eigenvalue weighted by atomic mass is 10.0. The van der Waals surface area contributed by atoms with Crippen molar-refractivity contribution in [3.05, 3.63) is 58.4 Å². The fourth-order valence-electron chi connectivity index (χ4n) is 2.81. The van der Waals surface area contributed by atoms with Crippen LogP contribution in [0.5, 0.6) is 5.75 Å². The van der Waals surface area contributed by atoms with E-state index in [4.69, 9.17) is 21.4 Å². The van der Waals surface area contributed by atoms with E-state index in [-0.39, 0.29) is 12.2 Å². The molecule has 2 aromatic carbocycles. The van der Waals surface area contributed by atoms with Crippen LogP contribution in [0.15, 0.2) is 36.4 Å². The second kappa shape index (κ2) is 7.55. The van der Waals surface area contributed by atoms with Crippen LogP contribution in [-0.4, -0.2) is 29.3 Å². The molecule has 1 heterocycles. The first-order valence-corrected chi connectivity index (χ1v) is 9.02. The molecule has 1 aliphatic heterocycles. The van der Waals surface area contributed by atoms with Gasteiger partial charge in [-0.3, -0.25) is 9.59 Å². The molecule has 8 heteroatoms. The Morgan fingerprint density at radius 2 is 2.12 bits per heavy atom. The number of hydrogen-bond donors (Lipinski definition) is 2. The van der Waals surface area contributed by atoms with Crippen molar-refractivity contribution in [2.45, 2.75) is 16.9 Å². The Balaban J connectivity index is 2.15. The van der Waals surface area contributed by atoms with Gasteiger partial charge in [0.15, 0.2) is 11.6 Å². The van der Waals surface area contributed by atoms with E-state index in [2.05, 4.69) is 5.32 Å². The summed E-state index contributed by atoms with van der Waals surface area (Å²) in [5.41, 5.74) is 1.38. The molecule has 0 saturated carbocycles. The number of carboxylic acid groups (broad SMARTS) is 1. The van der Waals surface area contributed by atoms with Gasteiger partial charge in [0, 0.05) is 16.3 Å². The molecule has 0 aromatic heterocycles. The first-order chi connectivity index (χ1) is 12.4. The Morgan fingerprint density at radius 3 is 2.81 bits per heavy atom. The van der Waals surface area contributed by atoms with E-state index < -0.39 is 28.2 Å². The summed E-state index contributed by atoms with van der Waals surface area (Å²) in [6.45, 7) is 0. The molecule has 0 saturated heterocycles. The van der Waals surface area contributed by atoms with Gasteiger partial charge in [0.1, 0.15) is 0 Å². The molecule has 0 radical (unpaired) electrons. The van der Waals surface area contributed by atoms with Gasteiger partial charge in [0.25, 0.3) is 0 Å². The van der Waals surface area contributed by atoms with Gasteiger partial charge < -0.3 is 15.2 Å². The largest absolute Gasteiger partial charge is 0.494 e. The molecule has 1 amide bonds. The second-order valence-electron chi connectivity index (χ2n) is 5.69. The van der Waals surface area contributed by atoms with E-state index in [1.165, 1.54) is 13.2 Å². The third-order valence-electron chi connectivity index (χ3n) is 4.00. The van der Waals surface area contributed by atoms with Crippen LogP contribution >= 0.6 is 23.4 Å². The number of aliphatic carboxylic acids is 1. The maximum Gasteiger partial charge on any atom is 0.305 e. The minimum absolute atomic E-state index is 0.0741. The Labute approximate surface area is 158 Å². The predicted octanol–water partition coefficient (Wildman–Crippen LogP) is 4.11. The zero-order valence-corrected chi connectivity index (χ0v) is 15.2. The van der Waals surface area contributed by atoms with Crippen molar-refractivity contribution >= 4 is 40.9 Å². The quantitative estimate of drug-likeness (QED) is 0.814. The van der Waals surface area contributed by atoms with E-state index in [1.807, 2.05) is 0 Å². The minimum Gasteiger partial charge on any atom is -0.494 e. The number of rotatable bonds is 4. The number of nitrogens with one attached hydrogen (secondary N) is 1. The summed E-state index contributed by atoms with van der Waals surface area (Å²) < 4.78 is 19.9. The third kappa shape index (κ3) is 3.64. The van der Waals surface area contributed by atoms with Crippen LogP contribution in [0.25, 0.3) is 0 Å². The normalized spacial score (nSPS) is 19.3. The molecule has 2 aromatic rings. The molecular weight excluding hydrogens is 381 g/mol. The smallest absolute Gasteiger partial charge is 0.305 e. The average molecular weight is 396 g/mol. The zero-order valence-electron chi connectivity index (χ0n) is 13.7. The molecule has 0 bridgehead atoms. The van der Waals surface area contributed by atoms with Gasteiger partial charge >= 0.3 is 5.97 Å².